The summed E-state index contributed by atoms with van der Waals surface area (Å²) in [5.41, 5.74) is 4.81. The molecule has 0 bridgehead atoms. The fourth-order valence-electron chi connectivity index (χ4n) is 0.782. The lowest BCUT2D eigenvalue weighted by molar-refractivity contribution is 0.101. The summed E-state index contributed by atoms with van der Waals surface area (Å²) >= 11 is 0. The maximum atomic E-state index is 10.8. The molecular formula is C8H9N2O. The summed E-state index contributed by atoms with van der Waals surface area (Å²) in [6.07, 6.45) is 0. The molecule has 1 rings (SSSR count). The SMILES string of the molecule is CC(=O)c1ccc([N]N)cc1. The van der Waals surface area contributed by atoms with Gasteiger partial charge in [0, 0.05) is 5.56 Å². The Morgan fingerprint density at radius 1 is 1.36 bits per heavy atom. The van der Waals surface area contributed by atoms with Gasteiger partial charge in [-0.1, -0.05) is 0 Å². The summed E-state index contributed by atoms with van der Waals surface area (Å²) in [4.78, 5) is 10.8. The van der Waals surface area contributed by atoms with Gasteiger partial charge in [0.2, 0.25) is 0 Å². The lowest BCUT2D eigenvalue weighted by atomic mass is 10.1. The predicted molar refractivity (Wildman–Crippen MR) is 42.4 cm³/mol. The van der Waals surface area contributed by atoms with Gasteiger partial charge < -0.3 is 0 Å². The van der Waals surface area contributed by atoms with Crippen molar-refractivity contribution in [2.45, 2.75) is 6.92 Å². The fourth-order valence-corrected chi connectivity index (χ4v) is 0.782. The van der Waals surface area contributed by atoms with Gasteiger partial charge >= 0.3 is 0 Å². The number of Topliss-reactive ketones (excluding diaryl/α,β-unsaturated/α-hetero) is 1. The van der Waals surface area contributed by atoms with Crippen LogP contribution in [0.1, 0.15) is 17.3 Å². The maximum Gasteiger partial charge on any atom is 0.159 e. The van der Waals surface area contributed by atoms with Crippen LogP contribution in [-0.2, 0) is 0 Å². The second-order valence-electron chi connectivity index (χ2n) is 2.23. The van der Waals surface area contributed by atoms with Gasteiger partial charge in [-0.3, -0.25) is 4.79 Å². The molecular weight excluding hydrogens is 140 g/mol. The van der Waals surface area contributed by atoms with Crippen molar-refractivity contribution < 1.29 is 4.79 Å². The zero-order valence-corrected chi connectivity index (χ0v) is 6.24. The molecule has 57 valence electrons. The zero-order chi connectivity index (χ0) is 8.27. The molecule has 0 spiro atoms. The Kier molecular flexibility index (Phi) is 2.23. The molecule has 11 heavy (non-hydrogen) atoms. The molecule has 1 aromatic carbocycles. The normalized spacial score (nSPS) is 9.27. The quantitative estimate of drug-likeness (QED) is 0.387. The molecule has 0 aliphatic carbocycles. The topological polar surface area (TPSA) is 57.2 Å². The number of hydrogen-bond acceptors (Lipinski definition) is 2. The third kappa shape index (κ3) is 1.78. The largest absolute Gasteiger partial charge is 0.295 e. The average Bonchev–Trinajstić information content (AvgIpc) is 2.05. The van der Waals surface area contributed by atoms with Crippen molar-refractivity contribution in [1.82, 2.24) is 5.43 Å². The molecule has 3 heteroatoms. The molecule has 0 fully saturated rings. The molecule has 0 aliphatic heterocycles. The number of nitrogens with two attached hydrogens (primary N) is 1. The van der Waals surface area contributed by atoms with E-state index in [1.807, 2.05) is 0 Å². The number of benzene rings is 1. The van der Waals surface area contributed by atoms with Gasteiger partial charge in [0.15, 0.2) is 5.78 Å². The Labute approximate surface area is 65.2 Å². The zero-order valence-electron chi connectivity index (χ0n) is 6.24. The van der Waals surface area contributed by atoms with Crippen LogP contribution in [0.3, 0.4) is 0 Å². The van der Waals surface area contributed by atoms with Crippen LogP contribution >= 0.6 is 0 Å². The number of carbonyl (C=O) groups excluding carboxylic acids is 1. The summed E-state index contributed by atoms with van der Waals surface area (Å²) in [6, 6.07) is 6.82. The van der Waals surface area contributed by atoms with Crippen LogP contribution < -0.4 is 11.3 Å². The van der Waals surface area contributed by atoms with E-state index in [1.54, 1.807) is 24.3 Å². The van der Waals surface area contributed by atoms with Gasteiger partial charge in [-0.2, -0.15) is 0 Å². The summed E-state index contributed by atoms with van der Waals surface area (Å²) in [7, 11) is 0. The average molecular weight is 149 g/mol. The molecule has 0 saturated carbocycles. The first-order chi connectivity index (χ1) is 5.24. The van der Waals surface area contributed by atoms with Gasteiger partial charge in [-0.25, -0.2) is 11.3 Å². The summed E-state index contributed by atoms with van der Waals surface area (Å²) < 4.78 is 0. The number of nitrogens with zero attached hydrogens (tertiary/aromatic N) is 1. The first-order valence-electron chi connectivity index (χ1n) is 3.26. The van der Waals surface area contributed by atoms with Gasteiger partial charge in [-0.05, 0) is 31.2 Å². The Hall–Kier alpha value is -1.35. The monoisotopic (exact) mass is 149 g/mol. The van der Waals surface area contributed by atoms with Crippen LogP contribution in [0.25, 0.3) is 0 Å². The first kappa shape index (κ1) is 7.75. The van der Waals surface area contributed by atoms with Crippen molar-refractivity contribution in [3.8, 4) is 0 Å². The summed E-state index contributed by atoms with van der Waals surface area (Å²) in [5.74, 6) is 5.07. The minimum Gasteiger partial charge on any atom is -0.295 e. The number of carbonyl (C=O) groups is 1. The van der Waals surface area contributed by atoms with E-state index in [0.717, 1.165) is 0 Å². The second-order valence-corrected chi connectivity index (χ2v) is 2.23. The highest BCUT2D eigenvalue weighted by atomic mass is 16.1. The molecule has 0 aromatic heterocycles. The van der Waals surface area contributed by atoms with E-state index in [9.17, 15) is 4.79 Å². The highest BCUT2D eigenvalue weighted by molar-refractivity contribution is 5.94. The van der Waals surface area contributed by atoms with Gasteiger partial charge in [0.25, 0.3) is 0 Å². The molecule has 0 unspecified atom stereocenters. The van der Waals surface area contributed by atoms with E-state index in [1.165, 1.54) is 6.92 Å². The van der Waals surface area contributed by atoms with Crippen molar-refractivity contribution in [3.63, 3.8) is 0 Å². The third-order valence-electron chi connectivity index (χ3n) is 1.42. The van der Waals surface area contributed by atoms with E-state index < -0.39 is 0 Å². The molecule has 2 N–H and O–H groups in total. The van der Waals surface area contributed by atoms with E-state index in [0.29, 0.717) is 11.3 Å². The van der Waals surface area contributed by atoms with Crippen LogP contribution in [0.2, 0.25) is 0 Å². The molecule has 0 aliphatic rings. The second kappa shape index (κ2) is 3.16. The fraction of sp³-hybridized carbons (Fsp3) is 0.125. The van der Waals surface area contributed by atoms with Crippen LogP contribution in [0.15, 0.2) is 24.3 Å². The van der Waals surface area contributed by atoms with E-state index in [2.05, 4.69) is 5.43 Å². The Balaban J connectivity index is 2.91. The minimum atomic E-state index is 0.0496. The van der Waals surface area contributed by atoms with Crippen molar-refractivity contribution in [3.05, 3.63) is 29.8 Å². The maximum absolute atomic E-state index is 10.8. The smallest absolute Gasteiger partial charge is 0.159 e. The highest BCUT2D eigenvalue weighted by Crippen LogP contribution is 2.07. The molecule has 0 saturated heterocycles. The number of hydrogen-bond donors (Lipinski definition) is 1. The van der Waals surface area contributed by atoms with Gasteiger partial charge in [0.1, 0.15) is 0 Å². The lowest BCUT2D eigenvalue weighted by Crippen LogP contribution is -2.05. The van der Waals surface area contributed by atoms with Crippen molar-refractivity contribution in [1.29, 1.82) is 0 Å². The van der Waals surface area contributed by atoms with Crippen LogP contribution in [0.5, 0.6) is 0 Å². The highest BCUT2D eigenvalue weighted by Gasteiger charge is 1.97. The molecule has 0 heterocycles. The molecule has 0 atom stereocenters. The van der Waals surface area contributed by atoms with E-state index >= 15 is 0 Å². The molecule has 1 radical (unpaired) electrons. The number of ketones is 1. The van der Waals surface area contributed by atoms with Crippen molar-refractivity contribution in [2.75, 3.05) is 0 Å². The van der Waals surface area contributed by atoms with Gasteiger partial charge in [-0.15, -0.1) is 0 Å². The van der Waals surface area contributed by atoms with E-state index in [4.69, 9.17) is 5.84 Å². The number of rotatable bonds is 2. The molecule has 1 aromatic rings. The third-order valence-corrected chi connectivity index (χ3v) is 1.42. The lowest BCUT2D eigenvalue weighted by Gasteiger charge is -1.96. The predicted octanol–water partition coefficient (Wildman–Crippen LogP) is 0.999. The van der Waals surface area contributed by atoms with E-state index in [-0.39, 0.29) is 5.78 Å². The van der Waals surface area contributed by atoms with Crippen molar-refractivity contribution >= 4 is 11.5 Å². The Bertz CT molecular complexity index is 253. The van der Waals surface area contributed by atoms with Crippen LogP contribution in [0.4, 0.5) is 5.69 Å². The standard InChI is InChI=1S/C8H9N2O/c1-6(11)7-2-4-8(10-9)5-3-7/h2-5H,9H2,1H3. The van der Waals surface area contributed by atoms with Gasteiger partial charge in [0.05, 0.1) is 5.69 Å². The molecule has 3 nitrogen and oxygen atoms in total. The summed E-state index contributed by atoms with van der Waals surface area (Å²) in [5, 5.41) is 0. The Morgan fingerprint density at radius 2 is 1.91 bits per heavy atom. The van der Waals surface area contributed by atoms with Crippen molar-refractivity contribution in [2.24, 2.45) is 5.84 Å². The minimum absolute atomic E-state index is 0.0496. The van der Waals surface area contributed by atoms with Crippen LogP contribution in [0, 0.1) is 0 Å². The molecule has 0 amide bonds. The van der Waals surface area contributed by atoms with Crippen LogP contribution in [-0.4, -0.2) is 5.78 Å². The first-order valence-corrected chi connectivity index (χ1v) is 3.26. The summed E-state index contributed by atoms with van der Waals surface area (Å²) in [6.45, 7) is 1.52. The Morgan fingerprint density at radius 3 is 2.27 bits per heavy atom.